The molecule has 144 valence electrons. The lowest BCUT2D eigenvalue weighted by Gasteiger charge is -2.31. The molecule has 1 aliphatic rings. The highest BCUT2D eigenvalue weighted by atomic mass is 16.5. The van der Waals surface area contributed by atoms with E-state index in [0.717, 1.165) is 0 Å². The molecular formula is C21H27N3O3. The average molecular weight is 369 g/mol. The van der Waals surface area contributed by atoms with E-state index in [4.69, 9.17) is 4.52 Å². The van der Waals surface area contributed by atoms with Crippen LogP contribution in [0.1, 0.15) is 55.3 Å². The Kier molecular flexibility index (Phi) is 5.35. The molecule has 0 saturated carbocycles. The minimum atomic E-state index is -0.116. The lowest BCUT2D eigenvalue weighted by atomic mass is 9.86. The molecule has 0 unspecified atom stereocenters. The van der Waals surface area contributed by atoms with Crippen molar-refractivity contribution < 1.29 is 14.1 Å². The van der Waals surface area contributed by atoms with E-state index in [1.807, 2.05) is 29.2 Å². The molecule has 6 nitrogen and oxygen atoms in total. The van der Waals surface area contributed by atoms with Gasteiger partial charge in [-0.2, -0.15) is 0 Å². The Morgan fingerprint density at radius 1 is 1.15 bits per heavy atom. The molecule has 0 aliphatic carbocycles. The van der Waals surface area contributed by atoms with Crippen molar-refractivity contribution in [3.8, 4) is 0 Å². The molecule has 27 heavy (non-hydrogen) atoms. The molecule has 2 heterocycles. The van der Waals surface area contributed by atoms with Crippen LogP contribution in [0.2, 0.25) is 0 Å². The number of nitrogens with one attached hydrogen (secondary N) is 1. The number of carbonyl (C=O) groups is 2. The van der Waals surface area contributed by atoms with E-state index in [9.17, 15) is 9.59 Å². The third-order valence-electron chi connectivity index (χ3n) is 5.03. The van der Waals surface area contributed by atoms with Crippen molar-refractivity contribution in [1.29, 1.82) is 0 Å². The zero-order valence-corrected chi connectivity index (χ0v) is 16.4. The van der Waals surface area contributed by atoms with Crippen LogP contribution in [0.3, 0.4) is 0 Å². The van der Waals surface area contributed by atoms with E-state index in [-0.39, 0.29) is 23.1 Å². The van der Waals surface area contributed by atoms with Crippen molar-refractivity contribution in [2.24, 2.45) is 5.92 Å². The first-order valence-electron chi connectivity index (χ1n) is 9.38. The number of hydrogen-bond acceptors (Lipinski definition) is 4. The van der Waals surface area contributed by atoms with E-state index >= 15 is 0 Å². The predicted molar refractivity (Wildman–Crippen MR) is 104 cm³/mol. The molecular weight excluding hydrogens is 342 g/mol. The molecule has 3 rings (SSSR count). The molecule has 0 atom stereocenters. The van der Waals surface area contributed by atoms with Crippen molar-refractivity contribution in [1.82, 2.24) is 10.1 Å². The molecule has 2 amide bonds. The van der Waals surface area contributed by atoms with Crippen LogP contribution in [0, 0.1) is 12.8 Å². The van der Waals surface area contributed by atoms with Crippen LogP contribution in [0.15, 0.2) is 34.9 Å². The van der Waals surface area contributed by atoms with Crippen LogP contribution >= 0.6 is 0 Å². The summed E-state index contributed by atoms with van der Waals surface area (Å²) in [6.07, 6.45) is 1.29. The summed E-state index contributed by atoms with van der Waals surface area (Å²) in [6, 6.07) is 9.53. The lowest BCUT2D eigenvalue weighted by molar-refractivity contribution is -0.121. The first kappa shape index (κ1) is 19.1. The zero-order chi connectivity index (χ0) is 19.6. The number of aromatic nitrogens is 1. The molecule has 1 fully saturated rings. The van der Waals surface area contributed by atoms with Gasteiger partial charge in [-0.1, -0.05) is 38.1 Å². The molecule has 1 saturated heterocycles. The van der Waals surface area contributed by atoms with Gasteiger partial charge in [-0.3, -0.25) is 9.59 Å². The van der Waals surface area contributed by atoms with Crippen molar-refractivity contribution in [2.75, 3.05) is 18.4 Å². The van der Waals surface area contributed by atoms with E-state index in [0.29, 0.717) is 43.1 Å². The molecule has 1 aliphatic heterocycles. The van der Waals surface area contributed by atoms with Gasteiger partial charge in [0.05, 0.1) is 0 Å². The standard InChI is InChI=1S/C21H27N3O3/c1-14-13-18(23-27-14)22-19(25)15-9-11-24(12-10-15)20(26)16-5-7-17(8-6-16)21(2,3)4/h5-8,13,15H,9-12H2,1-4H3,(H,22,23,25). The van der Waals surface area contributed by atoms with Crippen LogP contribution in [-0.4, -0.2) is 35.0 Å². The van der Waals surface area contributed by atoms with Gasteiger partial charge >= 0.3 is 0 Å². The summed E-state index contributed by atoms with van der Waals surface area (Å²) < 4.78 is 4.96. The number of benzene rings is 1. The van der Waals surface area contributed by atoms with Crippen LogP contribution in [0.25, 0.3) is 0 Å². The van der Waals surface area contributed by atoms with Crippen LogP contribution in [0.4, 0.5) is 5.82 Å². The lowest BCUT2D eigenvalue weighted by Crippen LogP contribution is -2.41. The number of piperidine rings is 1. The third-order valence-corrected chi connectivity index (χ3v) is 5.03. The minimum absolute atomic E-state index is 0.0291. The SMILES string of the molecule is Cc1cc(NC(=O)C2CCN(C(=O)c3ccc(C(C)(C)C)cc3)CC2)no1. The van der Waals surface area contributed by atoms with Crippen LogP contribution in [-0.2, 0) is 10.2 Å². The van der Waals surface area contributed by atoms with Gasteiger partial charge in [0, 0.05) is 30.6 Å². The second kappa shape index (κ2) is 7.55. The smallest absolute Gasteiger partial charge is 0.253 e. The molecule has 2 aromatic rings. The van der Waals surface area contributed by atoms with Gasteiger partial charge in [0.25, 0.3) is 5.91 Å². The average Bonchev–Trinajstić information content (AvgIpc) is 3.05. The van der Waals surface area contributed by atoms with E-state index in [2.05, 4.69) is 31.2 Å². The fourth-order valence-electron chi connectivity index (χ4n) is 3.29. The molecule has 0 radical (unpaired) electrons. The molecule has 1 N–H and O–H groups in total. The monoisotopic (exact) mass is 369 g/mol. The zero-order valence-electron chi connectivity index (χ0n) is 16.4. The molecule has 1 aromatic carbocycles. The number of amides is 2. The van der Waals surface area contributed by atoms with Gasteiger partial charge in [-0.15, -0.1) is 0 Å². The molecule has 1 aromatic heterocycles. The number of likely N-dealkylation sites (tertiary alicyclic amines) is 1. The van der Waals surface area contributed by atoms with Gasteiger partial charge in [0.2, 0.25) is 5.91 Å². The first-order valence-corrected chi connectivity index (χ1v) is 9.38. The molecule has 0 bridgehead atoms. The highest BCUT2D eigenvalue weighted by Crippen LogP contribution is 2.24. The summed E-state index contributed by atoms with van der Waals surface area (Å²) in [7, 11) is 0. The quantitative estimate of drug-likeness (QED) is 0.893. The highest BCUT2D eigenvalue weighted by molar-refractivity contribution is 5.95. The fraction of sp³-hybridized carbons (Fsp3) is 0.476. The third kappa shape index (κ3) is 4.56. The van der Waals surface area contributed by atoms with Crippen molar-refractivity contribution in [3.05, 3.63) is 47.2 Å². The number of anilines is 1. The van der Waals surface area contributed by atoms with Gasteiger partial charge in [0.15, 0.2) is 5.82 Å². The Balaban J connectivity index is 1.55. The first-order chi connectivity index (χ1) is 12.7. The maximum absolute atomic E-state index is 12.7. The second-order valence-electron chi connectivity index (χ2n) is 8.21. The second-order valence-corrected chi connectivity index (χ2v) is 8.21. The summed E-state index contributed by atoms with van der Waals surface area (Å²) in [4.78, 5) is 26.9. The van der Waals surface area contributed by atoms with Crippen molar-refractivity contribution in [3.63, 3.8) is 0 Å². The Labute approximate surface area is 159 Å². The van der Waals surface area contributed by atoms with Gasteiger partial charge < -0.3 is 14.7 Å². The number of hydrogen-bond donors (Lipinski definition) is 1. The Bertz CT molecular complexity index is 810. The van der Waals surface area contributed by atoms with Gasteiger partial charge in [-0.25, -0.2) is 0 Å². The van der Waals surface area contributed by atoms with E-state index < -0.39 is 0 Å². The largest absolute Gasteiger partial charge is 0.360 e. The number of aryl methyl sites for hydroxylation is 1. The Morgan fingerprint density at radius 3 is 2.30 bits per heavy atom. The minimum Gasteiger partial charge on any atom is -0.360 e. The summed E-state index contributed by atoms with van der Waals surface area (Å²) in [5.74, 6) is 0.943. The van der Waals surface area contributed by atoms with Gasteiger partial charge in [-0.05, 0) is 42.9 Å². The van der Waals surface area contributed by atoms with Gasteiger partial charge in [0.1, 0.15) is 5.76 Å². The predicted octanol–water partition coefficient (Wildman–Crippen LogP) is 3.77. The normalized spacial score (nSPS) is 15.6. The van der Waals surface area contributed by atoms with E-state index in [1.165, 1.54) is 5.56 Å². The topological polar surface area (TPSA) is 75.4 Å². The molecule has 6 heteroatoms. The number of nitrogens with zero attached hydrogens (tertiary/aromatic N) is 2. The van der Waals surface area contributed by atoms with E-state index in [1.54, 1.807) is 13.0 Å². The van der Waals surface area contributed by atoms with Crippen LogP contribution < -0.4 is 5.32 Å². The summed E-state index contributed by atoms with van der Waals surface area (Å²) in [5.41, 5.74) is 1.97. The maximum atomic E-state index is 12.7. The summed E-state index contributed by atoms with van der Waals surface area (Å²) in [6.45, 7) is 9.40. The van der Waals surface area contributed by atoms with Crippen molar-refractivity contribution in [2.45, 2.75) is 46.0 Å². The Morgan fingerprint density at radius 2 is 1.78 bits per heavy atom. The number of rotatable bonds is 3. The summed E-state index contributed by atoms with van der Waals surface area (Å²) >= 11 is 0. The maximum Gasteiger partial charge on any atom is 0.253 e. The molecule has 0 spiro atoms. The van der Waals surface area contributed by atoms with Crippen molar-refractivity contribution >= 4 is 17.6 Å². The Hall–Kier alpha value is -2.63. The highest BCUT2D eigenvalue weighted by Gasteiger charge is 2.28. The fourth-order valence-corrected chi connectivity index (χ4v) is 3.29. The summed E-state index contributed by atoms with van der Waals surface area (Å²) in [5, 5.41) is 6.57. The van der Waals surface area contributed by atoms with Crippen LogP contribution in [0.5, 0.6) is 0 Å². The number of carbonyl (C=O) groups excluding carboxylic acids is 2.